The van der Waals surface area contributed by atoms with Gasteiger partial charge in [0.1, 0.15) is 0 Å². The van der Waals surface area contributed by atoms with Gasteiger partial charge in [-0.05, 0) is 18.2 Å². The van der Waals surface area contributed by atoms with Crippen LogP contribution in [0.4, 0.5) is 13.2 Å². The molecule has 1 aromatic heterocycles. The molecule has 0 amide bonds. The van der Waals surface area contributed by atoms with Gasteiger partial charge >= 0.3 is 12.1 Å². The number of rotatable bonds is 2. The summed E-state index contributed by atoms with van der Waals surface area (Å²) in [6.45, 7) is 0. The number of hydrogen-bond acceptors (Lipinski definition) is 3. The first-order valence-electron chi connectivity index (χ1n) is 5.73. The molecule has 0 aliphatic rings. The van der Waals surface area contributed by atoms with Gasteiger partial charge in [0, 0.05) is 18.8 Å². The first kappa shape index (κ1) is 15.4. The Labute approximate surface area is 123 Å². The van der Waals surface area contributed by atoms with Gasteiger partial charge in [-0.2, -0.15) is 18.3 Å². The third-order valence-corrected chi connectivity index (χ3v) is 3.23. The van der Waals surface area contributed by atoms with E-state index >= 15 is 0 Å². The van der Waals surface area contributed by atoms with Crippen LogP contribution in [-0.4, -0.2) is 22.9 Å². The molecule has 0 saturated carbocycles. The van der Waals surface area contributed by atoms with E-state index in [2.05, 4.69) is 9.84 Å². The molecule has 1 heterocycles. The molecule has 1 aromatic carbocycles. The molecule has 8 heteroatoms. The predicted octanol–water partition coefficient (Wildman–Crippen LogP) is 3.55. The average molecular weight is 319 g/mol. The first-order valence-corrected chi connectivity index (χ1v) is 6.11. The van der Waals surface area contributed by atoms with Crippen molar-refractivity contribution in [3.63, 3.8) is 0 Å². The molecule has 2 rings (SSSR count). The largest absolute Gasteiger partial charge is 0.465 e. The fourth-order valence-corrected chi connectivity index (χ4v) is 2.17. The number of carbonyl (C=O) groups is 1. The lowest BCUT2D eigenvalue weighted by atomic mass is 10.0. The van der Waals surface area contributed by atoms with E-state index in [4.69, 9.17) is 11.6 Å². The highest BCUT2D eigenvalue weighted by Crippen LogP contribution is 2.39. The van der Waals surface area contributed by atoms with Gasteiger partial charge in [-0.1, -0.05) is 11.6 Å². The van der Waals surface area contributed by atoms with E-state index in [0.717, 1.165) is 19.2 Å². The standard InChI is InChI=1S/C13H10ClF3N2O2/c1-19-11(3-4-18-19)7-5-8(12(20)21-2)10(14)6-9(7)13(15,16)17/h3-6H,1-2H3. The molecule has 0 radical (unpaired) electrons. The molecular weight excluding hydrogens is 309 g/mol. The van der Waals surface area contributed by atoms with Crippen molar-refractivity contribution in [1.82, 2.24) is 9.78 Å². The Bertz CT molecular complexity index is 695. The van der Waals surface area contributed by atoms with E-state index in [1.54, 1.807) is 0 Å². The quantitative estimate of drug-likeness (QED) is 0.795. The second-order valence-corrected chi connectivity index (χ2v) is 4.61. The highest BCUT2D eigenvalue weighted by Gasteiger charge is 2.36. The number of esters is 1. The molecule has 0 spiro atoms. The molecule has 21 heavy (non-hydrogen) atoms. The van der Waals surface area contributed by atoms with Crippen LogP contribution < -0.4 is 0 Å². The minimum absolute atomic E-state index is 0.136. The molecular formula is C13H10ClF3N2O2. The fraction of sp³-hybridized carbons (Fsp3) is 0.231. The van der Waals surface area contributed by atoms with E-state index in [9.17, 15) is 18.0 Å². The van der Waals surface area contributed by atoms with E-state index in [1.165, 1.54) is 24.0 Å². The molecule has 2 aromatic rings. The molecule has 0 saturated heterocycles. The van der Waals surface area contributed by atoms with E-state index < -0.39 is 17.7 Å². The zero-order chi connectivity index (χ0) is 15.8. The van der Waals surface area contributed by atoms with Crippen LogP contribution >= 0.6 is 11.6 Å². The number of alkyl halides is 3. The van der Waals surface area contributed by atoms with Crippen LogP contribution in [0.15, 0.2) is 24.4 Å². The molecule has 0 unspecified atom stereocenters. The number of aryl methyl sites for hydroxylation is 1. The minimum atomic E-state index is -4.61. The van der Waals surface area contributed by atoms with Crippen LogP contribution in [0.5, 0.6) is 0 Å². The van der Waals surface area contributed by atoms with Gasteiger partial charge < -0.3 is 4.74 Å². The van der Waals surface area contributed by atoms with Crippen molar-refractivity contribution in [2.45, 2.75) is 6.18 Å². The van der Waals surface area contributed by atoms with Crippen molar-refractivity contribution in [3.05, 3.63) is 40.5 Å². The smallest absolute Gasteiger partial charge is 0.417 e. The molecule has 4 nitrogen and oxygen atoms in total. The SMILES string of the molecule is COC(=O)c1cc(-c2ccnn2C)c(C(F)(F)F)cc1Cl. The fourth-order valence-electron chi connectivity index (χ4n) is 1.92. The Morgan fingerprint density at radius 3 is 2.52 bits per heavy atom. The van der Waals surface area contributed by atoms with Gasteiger partial charge in [0.2, 0.25) is 0 Å². The van der Waals surface area contributed by atoms with Crippen molar-refractivity contribution in [1.29, 1.82) is 0 Å². The summed E-state index contributed by atoms with van der Waals surface area (Å²) in [7, 11) is 2.63. The Hall–Kier alpha value is -2.02. The van der Waals surface area contributed by atoms with Gasteiger partial charge in [0.25, 0.3) is 0 Å². The summed E-state index contributed by atoms with van der Waals surface area (Å²) in [5.41, 5.74) is -1.05. The maximum Gasteiger partial charge on any atom is 0.417 e. The number of nitrogens with zero attached hydrogens (tertiary/aromatic N) is 2. The Morgan fingerprint density at radius 1 is 1.38 bits per heavy atom. The summed E-state index contributed by atoms with van der Waals surface area (Å²) in [5.74, 6) is -0.808. The van der Waals surface area contributed by atoms with Crippen molar-refractivity contribution in [2.75, 3.05) is 7.11 Å². The summed E-state index contributed by atoms with van der Waals surface area (Å²) in [6.07, 6.45) is -3.25. The van der Waals surface area contributed by atoms with Crippen molar-refractivity contribution < 1.29 is 22.7 Å². The lowest BCUT2D eigenvalue weighted by Crippen LogP contribution is -2.11. The second kappa shape index (κ2) is 5.40. The molecule has 0 atom stereocenters. The monoisotopic (exact) mass is 318 g/mol. The molecule has 0 N–H and O–H groups in total. The maximum atomic E-state index is 13.2. The highest BCUT2D eigenvalue weighted by molar-refractivity contribution is 6.33. The number of carbonyl (C=O) groups excluding carboxylic acids is 1. The lowest BCUT2D eigenvalue weighted by Gasteiger charge is -2.15. The number of aromatic nitrogens is 2. The van der Waals surface area contributed by atoms with Gasteiger partial charge in [-0.15, -0.1) is 0 Å². The van der Waals surface area contributed by atoms with Gasteiger partial charge in [-0.3, -0.25) is 4.68 Å². The summed E-state index contributed by atoms with van der Waals surface area (Å²) in [4.78, 5) is 11.6. The van der Waals surface area contributed by atoms with Crippen LogP contribution in [0.25, 0.3) is 11.3 Å². The van der Waals surface area contributed by atoms with Crippen molar-refractivity contribution >= 4 is 17.6 Å². The topological polar surface area (TPSA) is 44.1 Å². The lowest BCUT2D eigenvalue weighted by molar-refractivity contribution is -0.137. The van der Waals surface area contributed by atoms with Gasteiger partial charge in [0.05, 0.1) is 29.0 Å². The summed E-state index contributed by atoms with van der Waals surface area (Å²) in [6, 6.07) is 3.20. The zero-order valence-electron chi connectivity index (χ0n) is 11.0. The highest BCUT2D eigenvalue weighted by atomic mass is 35.5. The number of benzene rings is 1. The van der Waals surface area contributed by atoms with Crippen LogP contribution in [-0.2, 0) is 18.0 Å². The first-order chi connectivity index (χ1) is 9.75. The van der Waals surface area contributed by atoms with Crippen molar-refractivity contribution in [2.24, 2.45) is 7.05 Å². The van der Waals surface area contributed by atoms with Crippen LogP contribution in [0.1, 0.15) is 15.9 Å². The van der Waals surface area contributed by atoms with Gasteiger partial charge in [0.15, 0.2) is 0 Å². The third kappa shape index (κ3) is 2.87. The Kier molecular flexibility index (Phi) is 3.95. The van der Waals surface area contributed by atoms with Crippen LogP contribution in [0, 0.1) is 0 Å². The molecule has 0 fully saturated rings. The van der Waals surface area contributed by atoms with Crippen molar-refractivity contribution in [3.8, 4) is 11.3 Å². The summed E-state index contributed by atoms with van der Waals surface area (Å²) >= 11 is 5.76. The van der Waals surface area contributed by atoms with E-state index in [-0.39, 0.29) is 21.8 Å². The maximum absolute atomic E-state index is 13.2. The van der Waals surface area contributed by atoms with E-state index in [1.807, 2.05) is 0 Å². The van der Waals surface area contributed by atoms with E-state index in [0.29, 0.717) is 0 Å². The average Bonchev–Trinajstić information content (AvgIpc) is 2.82. The molecule has 0 bridgehead atoms. The third-order valence-electron chi connectivity index (χ3n) is 2.91. The normalized spacial score (nSPS) is 11.5. The number of hydrogen-bond donors (Lipinski definition) is 0. The molecule has 0 aliphatic heterocycles. The molecule has 112 valence electrons. The summed E-state index contributed by atoms with van der Waals surface area (Å²) in [5, 5.41) is 3.51. The van der Waals surface area contributed by atoms with Crippen LogP contribution in [0.2, 0.25) is 5.02 Å². The predicted molar refractivity (Wildman–Crippen MR) is 70.0 cm³/mol. The number of ether oxygens (including phenoxy) is 1. The second-order valence-electron chi connectivity index (χ2n) is 4.21. The van der Waals surface area contributed by atoms with Crippen LogP contribution in [0.3, 0.4) is 0 Å². The zero-order valence-corrected chi connectivity index (χ0v) is 11.8. The number of halogens is 4. The Morgan fingerprint density at radius 2 is 2.05 bits per heavy atom. The summed E-state index contributed by atoms with van der Waals surface area (Å²) < 4.78 is 45.3. The minimum Gasteiger partial charge on any atom is -0.465 e. The Balaban J connectivity index is 2.76. The molecule has 0 aliphatic carbocycles. The number of methoxy groups -OCH3 is 1. The van der Waals surface area contributed by atoms with Gasteiger partial charge in [-0.25, -0.2) is 4.79 Å².